The summed E-state index contributed by atoms with van der Waals surface area (Å²) in [4.78, 5) is 6.79. The average molecular weight is 372 g/mol. The number of hydrogen-bond donors (Lipinski definition) is 3. The van der Waals surface area contributed by atoms with Gasteiger partial charge in [0.25, 0.3) is 5.89 Å². The van der Waals surface area contributed by atoms with Gasteiger partial charge in [0.1, 0.15) is 0 Å². The maximum atomic E-state index is 9.58. The zero-order chi connectivity index (χ0) is 19.2. The van der Waals surface area contributed by atoms with Crippen LogP contribution < -0.4 is 5.32 Å². The predicted octanol–water partition coefficient (Wildman–Crippen LogP) is 2.69. The minimum absolute atomic E-state index is 0.141. The van der Waals surface area contributed by atoms with E-state index in [1.165, 1.54) is 12.1 Å². The second-order valence-corrected chi connectivity index (χ2v) is 7.36. The topological polar surface area (TPSA) is 94.7 Å². The fourth-order valence-corrected chi connectivity index (χ4v) is 3.50. The lowest BCUT2D eigenvalue weighted by atomic mass is 9.82. The van der Waals surface area contributed by atoms with E-state index in [2.05, 4.69) is 34.5 Å². The number of aromatic nitrogens is 2. The van der Waals surface area contributed by atoms with Gasteiger partial charge < -0.3 is 25.0 Å². The van der Waals surface area contributed by atoms with Crippen molar-refractivity contribution in [3.05, 3.63) is 35.5 Å². The molecule has 0 aliphatic carbocycles. The Morgan fingerprint density at radius 2 is 2.00 bits per heavy atom. The summed E-state index contributed by atoms with van der Waals surface area (Å²) in [5, 5.41) is 26.6. The summed E-state index contributed by atoms with van der Waals surface area (Å²) in [6.45, 7) is 3.07. The van der Waals surface area contributed by atoms with Crippen LogP contribution >= 0.6 is 0 Å². The maximum absolute atomic E-state index is 9.58. The van der Waals surface area contributed by atoms with E-state index in [0.717, 1.165) is 50.3 Å². The minimum atomic E-state index is -0.155. The Hall–Kier alpha value is -2.38. The standard InChI is InChI=1S/C20H28N4O3/c1-24(2)12-9-16(15-7-10-21-11-8-15)20-22-19(27-23-20)6-4-14-3-5-17(25)18(26)13-14/h3-6,13,15-16,21,25-26H,7-12H2,1-2H3. The molecule has 0 saturated carbocycles. The van der Waals surface area contributed by atoms with Crippen LogP contribution in [0.4, 0.5) is 0 Å². The van der Waals surface area contributed by atoms with E-state index in [1.54, 1.807) is 18.2 Å². The van der Waals surface area contributed by atoms with Crippen molar-refractivity contribution < 1.29 is 14.7 Å². The molecule has 2 aromatic rings. The van der Waals surface area contributed by atoms with E-state index in [0.29, 0.717) is 11.8 Å². The molecule has 7 nitrogen and oxygen atoms in total. The Bertz CT molecular complexity index is 766. The molecule has 1 fully saturated rings. The first-order valence-electron chi connectivity index (χ1n) is 9.42. The summed E-state index contributed by atoms with van der Waals surface area (Å²) in [5.41, 5.74) is 0.743. The highest BCUT2D eigenvalue weighted by Crippen LogP contribution is 2.32. The maximum Gasteiger partial charge on any atom is 0.250 e. The number of rotatable bonds is 7. The van der Waals surface area contributed by atoms with Crippen molar-refractivity contribution in [2.24, 2.45) is 5.92 Å². The molecule has 1 unspecified atom stereocenters. The molecule has 1 aliphatic heterocycles. The van der Waals surface area contributed by atoms with Crippen molar-refractivity contribution in [3.63, 3.8) is 0 Å². The molecule has 1 atom stereocenters. The summed E-state index contributed by atoms with van der Waals surface area (Å²) in [6, 6.07) is 4.64. The monoisotopic (exact) mass is 372 g/mol. The van der Waals surface area contributed by atoms with Gasteiger partial charge in [-0.3, -0.25) is 0 Å². The van der Waals surface area contributed by atoms with Crippen molar-refractivity contribution in [2.45, 2.75) is 25.2 Å². The van der Waals surface area contributed by atoms with Gasteiger partial charge >= 0.3 is 0 Å². The number of phenolic OH excluding ortho intramolecular Hbond substituents is 2. The van der Waals surface area contributed by atoms with Crippen LogP contribution in [-0.2, 0) is 0 Å². The molecule has 3 rings (SSSR count). The normalized spacial score (nSPS) is 17.0. The van der Waals surface area contributed by atoms with Crippen LogP contribution in [0.5, 0.6) is 11.5 Å². The van der Waals surface area contributed by atoms with E-state index < -0.39 is 0 Å². The van der Waals surface area contributed by atoms with Crippen molar-refractivity contribution >= 4 is 12.2 Å². The van der Waals surface area contributed by atoms with Crippen LogP contribution in [0.15, 0.2) is 22.7 Å². The number of phenols is 2. The minimum Gasteiger partial charge on any atom is -0.504 e. The highest BCUT2D eigenvalue weighted by atomic mass is 16.5. The molecule has 0 radical (unpaired) electrons. The summed E-state index contributed by atoms with van der Waals surface area (Å²) >= 11 is 0. The van der Waals surface area contributed by atoms with Gasteiger partial charge in [0.15, 0.2) is 17.3 Å². The summed E-state index contributed by atoms with van der Waals surface area (Å²) in [6.07, 6.45) is 6.77. The van der Waals surface area contributed by atoms with E-state index in [-0.39, 0.29) is 17.4 Å². The lowest BCUT2D eigenvalue weighted by Crippen LogP contribution is -2.32. The number of hydrogen-bond acceptors (Lipinski definition) is 7. The molecule has 2 heterocycles. The van der Waals surface area contributed by atoms with E-state index >= 15 is 0 Å². The third-order valence-corrected chi connectivity index (χ3v) is 5.05. The average Bonchev–Trinajstić information content (AvgIpc) is 3.12. The van der Waals surface area contributed by atoms with Crippen molar-refractivity contribution in [1.82, 2.24) is 20.4 Å². The lowest BCUT2D eigenvalue weighted by Gasteiger charge is -2.29. The Labute approximate surface area is 159 Å². The first-order valence-corrected chi connectivity index (χ1v) is 9.42. The zero-order valence-electron chi connectivity index (χ0n) is 15.9. The zero-order valence-corrected chi connectivity index (χ0v) is 15.9. The quantitative estimate of drug-likeness (QED) is 0.643. The van der Waals surface area contributed by atoms with E-state index in [4.69, 9.17) is 4.52 Å². The van der Waals surface area contributed by atoms with Gasteiger partial charge in [-0.05, 0) is 82.7 Å². The van der Waals surface area contributed by atoms with E-state index in [9.17, 15) is 10.2 Å². The van der Waals surface area contributed by atoms with Gasteiger partial charge in [0, 0.05) is 12.0 Å². The highest BCUT2D eigenvalue weighted by molar-refractivity contribution is 5.67. The summed E-state index contributed by atoms with van der Waals surface area (Å²) in [5.74, 6) is 1.78. The highest BCUT2D eigenvalue weighted by Gasteiger charge is 2.28. The Balaban J connectivity index is 1.73. The third kappa shape index (κ3) is 5.30. The van der Waals surface area contributed by atoms with Crippen LogP contribution in [0.1, 0.15) is 42.5 Å². The molecule has 1 aliphatic rings. The number of piperidine rings is 1. The first-order chi connectivity index (χ1) is 13.0. The summed E-state index contributed by atoms with van der Waals surface area (Å²) in [7, 11) is 4.16. The van der Waals surface area contributed by atoms with Crippen molar-refractivity contribution in [3.8, 4) is 11.5 Å². The smallest absolute Gasteiger partial charge is 0.250 e. The van der Waals surface area contributed by atoms with Crippen LogP contribution in [0.3, 0.4) is 0 Å². The van der Waals surface area contributed by atoms with Gasteiger partial charge in [-0.25, -0.2) is 0 Å². The Morgan fingerprint density at radius 1 is 1.22 bits per heavy atom. The van der Waals surface area contributed by atoms with E-state index in [1.807, 2.05) is 0 Å². The second kappa shape index (κ2) is 9.01. The van der Waals surface area contributed by atoms with Gasteiger partial charge in [-0.1, -0.05) is 11.2 Å². The molecule has 3 N–H and O–H groups in total. The largest absolute Gasteiger partial charge is 0.504 e. The second-order valence-electron chi connectivity index (χ2n) is 7.36. The van der Waals surface area contributed by atoms with Crippen LogP contribution in [0.25, 0.3) is 12.2 Å². The van der Waals surface area contributed by atoms with Crippen molar-refractivity contribution in [2.75, 3.05) is 33.7 Å². The number of nitrogens with zero attached hydrogens (tertiary/aromatic N) is 3. The molecule has 1 aromatic carbocycles. The fraction of sp³-hybridized carbons (Fsp3) is 0.500. The molecule has 27 heavy (non-hydrogen) atoms. The van der Waals surface area contributed by atoms with Gasteiger partial charge in [-0.2, -0.15) is 4.98 Å². The molecule has 0 amide bonds. The molecule has 146 valence electrons. The number of benzene rings is 1. The number of aromatic hydroxyl groups is 2. The molecule has 1 saturated heterocycles. The van der Waals surface area contributed by atoms with Crippen LogP contribution in [0, 0.1) is 5.92 Å². The fourth-order valence-electron chi connectivity index (χ4n) is 3.50. The van der Waals surface area contributed by atoms with Gasteiger partial charge in [0.2, 0.25) is 0 Å². The SMILES string of the molecule is CN(C)CCC(c1noc(C=Cc2ccc(O)c(O)c2)n1)C1CCNCC1. The Morgan fingerprint density at radius 3 is 2.70 bits per heavy atom. The Kier molecular flexibility index (Phi) is 6.47. The van der Waals surface area contributed by atoms with Crippen LogP contribution in [0.2, 0.25) is 0 Å². The van der Waals surface area contributed by atoms with Gasteiger partial charge in [0.05, 0.1) is 0 Å². The molecular formula is C20H28N4O3. The molecule has 7 heteroatoms. The van der Waals surface area contributed by atoms with Crippen molar-refractivity contribution in [1.29, 1.82) is 0 Å². The molecule has 1 aromatic heterocycles. The molecule has 0 bridgehead atoms. The van der Waals surface area contributed by atoms with Crippen LogP contribution in [-0.4, -0.2) is 59.0 Å². The van der Waals surface area contributed by atoms with Gasteiger partial charge in [-0.15, -0.1) is 0 Å². The summed E-state index contributed by atoms with van der Waals surface area (Å²) < 4.78 is 5.43. The molecular weight excluding hydrogens is 344 g/mol. The predicted molar refractivity (Wildman–Crippen MR) is 105 cm³/mol. The molecule has 0 spiro atoms. The number of nitrogens with one attached hydrogen (secondary N) is 1. The third-order valence-electron chi connectivity index (χ3n) is 5.05. The lowest BCUT2D eigenvalue weighted by molar-refractivity contribution is 0.268. The first kappa shape index (κ1) is 19.4.